The molecule has 0 nitrogen and oxygen atoms in total. The Kier molecular flexibility index (Phi) is 6.94. The molecule has 0 saturated carbocycles. The maximum absolute atomic E-state index is 2.46. The summed E-state index contributed by atoms with van der Waals surface area (Å²) in [5.74, 6) is 0. The Morgan fingerprint density at radius 1 is 0.315 bits per heavy atom. The highest BCUT2D eigenvalue weighted by Crippen LogP contribution is 2.52. The van der Waals surface area contributed by atoms with Crippen molar-refractivity contribution < 1.29 is 0 Å². The molecule has 0 radical (unpaired) electrons. The van der Waals surface area contributed by atoms with Crippen LogP contribution in [0.15, 0.2) is 152 Å². The van der Waals surface area contributed by atoms with Gasteiger partial charge in [0.05, 0.1) is 0 Å². The van der Waals surface area contributed by atoms with Crippen LogP contribution in [-0.4, -0.2) is 0 Å². The first-order valence-electron chi connectivity index (χ1n) is 19.5. The maximum Gasteiger partial charge on any atom is 0.0159 e. The van der Waals surface area contributed by atoms with Gasteiger partial charge in [-0.25, -0.2) is 0 Å². The van der Waals surface area contributed by atoms with E-state index >= 15 is 0 Å². The van der Waals surface area contributed by atoms with E-state index in [9.17, 15) is 0 Å². The quantitative estimate of drug-likeness (QED) is 0.173. The van der Waals surface area contributed by atoms with Crippen LogP contribution in [0, 0.1) is 0 Å². The van der Waals surface area contributed by atoms with Crippen LogP contribution in [0.1, 0.15) is 76.3 Å². The molecule has 0 bridgehead atoms. The van der Waals surface area contributed by atoms with Crippen LogP contribution in [0.2, 0.25) is 0 Å². The molecule has 0 unspecified atom stereocenters. The van der Waals surface area contributed by atoms with Gasteiger partial charge in [-0.2, -0.15) is 0 Å². The predicted octanol–water partition coefficient (Wildman–Crippen LogP) is 14.9. The molecule has 0 aromatic heterocycles. The van der Waals surface area contributed by atoms with Crippen LogP contribution in [0.3, 0.4) is 0 Å². The van der Waals surface area contributed by atoms with E-state index in [1.165, 1.54) is 105 Å². The van der Waals surface area contributed by atoms with Gasteiger partial charge in [0.25, 0.3) is 0 Å². The second-order valence-electron chi connectivity index (χ2n) is 17.9. The van der Waals surface area contributed by atoms with E-state index in [0.29, 0.717) is 0 Å². The van der Waals surface area contributed by atoms with E-state index < -0.39 is 0 Å². The first kappa shape index (κ1) is 32.9. The zero-order valence-electron chi connectivity index (χ0n) is 32.4. The van der Waals surface area contributed by atoms with E-state index in [4.69, 9.17) is 0 Å². The highest BCUT2D eigenvalue weighted by Gasteiger charge is 2.37. The number of hydrogen-bond acceptors (Lipinski definition) is 0. The summed E-state index contributed by atoms with van der Waals surface area (Å²) in [5.41, 5.74) is 20.1. The average molecular weight is 695 g/mol. The molecular formula is C54H46. The third-order valence-electron chi connectivity index (χ3n) is 12.8. The summed E-state index contributed by atoms with van der Waals surface area (Å²) in [6, 6.07) is 57.9. The van der Waals surface area contributed by atoms with Crippen molar-refractivity contribution >= 4 is 21.5 Å². The van der Waals surface area contributed by atoms with E-state index in [-0.39, 0.29) is 16.2 Å². The topological polar surface area (TPSA) is 0 Å². The number of hydrogen-bond donors (Lipinski definition) is 0. The third-order valence-corrected chi connectivity index (χ3v) is 12.8. The minimum Gasteiger partial charge on any atom is -0.0619 e. The Bertz CT molecular complexity index is 2850. The number of rotatable bonds is 3. The number of fused-ring (bicyclic) bond motifs is 8. The fourth-order valence-electron chi connectivity index (χ4n) is 9.48. The van der Waals surface area contributed by atoms with Crippen molar-refractivity contribution in [3.8, 4) is 55.6 Å². The van der Waals surface area contributed by atoms with Crippen molar-refractivity contribution in [2.75, 3.05) is 0 Å². The first-order valence-corrected chi connectivity index (χ1v) is 19.5. The van der Waals surface area contributed by atoms with E-state index in [1.807, 2.05) is 0 Å². The first-order chi connectivity index (χ1) is 25.9. The van der Waals surface area contributed by atoms with Gasteiger partial charge in [-0.05, 0) is 147 Å². The van der Waals surface area contributed by atoms with Crippen molar-refractivity contribution in [2.45, 2.75) is 64.7 Å². The van der Waals surface area contributed by atoms with E-state index in [1.54, 1.807) is 0 Å². The summed E-state index contributed by atoms with van der Waals surface area (Å²) in [6.07, 6.45) is 0. The summed E-state index contributed by atoms with van der Waals surface area (Å²) >= 11 is 0. The van der Waals surface area contributed by atoms with Gasteiger partial charge in [0.2, 0.25) is 0 Å². The van der Waals surface area contributed by atoms with Gasteiger partial charge in [0.15, 0.2) is 0 Å². The lowest BCUT2D eigenvalue weighted by Gasteiger charge is -2.23. The zero-order chi connectivity index (χ0) is 37.1. The Balaban J connectivity index is 0.950. The molecule has 0 N–H and O–H groups in total. The molecule has 0 heteroatoms. The van der Waals surface area contributed by atoms with Crippen molar-refractivity contribution in [1.29, 1.82) is 0 Å². The molecular weight excluding hydrogens is 649 g/mol. The van der Waals surface area contributed by atoms with Crippen LogP contribution in [0.5, 0.6) is 0 Å². The smallest absolute Gasteiger partial charge is 0.0159 e. The lowest BCUT2D eigenvalue weighted by Crippen LogP contribution is -2.15. The van der Waals surface area contributed by atoms with Crippen LogP contribution >= 0.6 is 0 Å². The van der Waals surface area contributed by atoms with Gasteiger partial charge in [0, 0.05) is 10.8 Å². The minimum atomic E-state index is -0.108. The van der Waals surface area contributed by atoms with Crippen LogP contribution in [0.25, 0.3) is 77.2 Å². The van der Waals surface area contributed by atoms with Crippen molar-refractivity contribution in [1.82, 2.24) is 0 Å². The van der Waals surface area contributed by atoms with Gasteiger partial charge in [-0.1, -0.05) is 164 Å². The van der Waals surface area contributed by atoms with E-state index in [0.717, 1.165) is 0 Å². The number of benzene rings is 8. The molecule has 0 amide bonds. The molecule has 2 aliphatic carbocycles. The van der Waals surface area contributed by atoms with Crippen LogP contribution < -0.4 is 0 Å². The summed E-state index contributed by atoms with van der Waals surface area (Å²) in [6.45, 7) is 16.3. The molecule has 8 aromatic rings. The Morgan fingerprint density at radius 2 is 0.648 bits per heavy atom. The molecule has 0 fully saturated rings. The van der Waals surface area contributed by atoms with Gasteiger partial charge >= 0.3 is 0 Å². The fraction of sp³-hybridized carbons (Fsp3) is 0.185. The highest BCUT2D eigenvalue weighted by molar-refractivity contribution is 5.94. The summed E-state index contributed by atoms with van der Waals surface area (Å²) in [7, 11) is 0. The van der Waals surface area contributed by atoms with Crippen LogP contribution in [-0.2, 0) is 16.2 Å². The maximum atomic E-state index is 2.46. The highest BCUT2D eigenvalue weighted by atomic mass is 14.4. The van der Waals surface area contributed by atoms with Crippen molar-refractivity contribution in [3.63, 3.8) is 0 Å². The van der Waals surface area contributed by atoms with Gasteiger partial charge in [0.1, 0.15) is 0 Å². The summed E-state index contributed by atoms with van der Waals surface area (Å²) in [5, 5.41) is 5.11. The molecule has 262 valence electrons. The normalized spacial score (nSPS) is 14.9. The second-order valence-corrected chi connectivity index (χ2v) is 17.9. The monoisotopic (exact) mass is 694 g/mol. The molecule has 2 aliphatic rings. The predicted molar refractivity (Wildman–Crippen MR) is 232 cm³/mol. The molecule has 54 heavy (non-hydrogen) atoms. The molecule has 0 heterocycles. The standard InChI is InChI=1S/C54H46/c1-52(2,3)43-22-18-38-28-36(16-17-39(38)29-43)33-12-13-35-27-37(15-14-34(35)26-33)40-19-24-46-47-25-21-42(32-51(47)54(6,7)50(46)30-40)41-20-23-45-44-10-8-9-11-48(44)53(4,5)49(45)31-41/h8-32H,1-7H3. The Hall–Kier alpha value is -5.72. The molecule has 10 rings (SSSR count). The zero-order valence-corrected chi connectivity index (χ0v) is 32.4. The molecule has 8 aromatic carbocycles. The molecule has 0 saturated heterocycles. The molecule has 0 atom stereocenters. The Labute approximate surface area is 320 Å². The third kappa shape index (κ3) is 4.96. The van der Waals surface area contributed by atoms with Gasteiger partial charge in [-0.15, -0.1) is 0 Å². The largest absolute Gasteiger partial charge is 0.0619 e. The lowest BCUT2D eigenvalue weighted by atomic mass is 9.80. The summed E-state index contributed by atoms with van der Waals surface area (Å²) in [4.78, 5) is 0. The average Bonchev–Trinajstić information content (AvgIpc) is 3.55. The van der Waals surface area contributed by atoms with E-state index in [2.05, 4.69) is 200 Å². The van der Waals surface area contributed by atoms with Crippen molar-refractivity contribution in [2.24, 2.45) is 0 Å². The minimum absolute atomic E-state index is 0.0101. The van der Waals surface area contributed by atoms with Crippen LogP contribution in [0.4, 0.5) is 0 Å². The molecule has 0 spiro atoms. The second kappa shape index (κ2) is 11.4. The summed E-state index contributed by atoms with van der Waals surface area (Å²) < 4.78 is 0. The molecule has 0 aliphatic heterocycles. The lowest BCUT2D eigenvalue weighted by molar-refractivity contribution is 0.591. The van der Waals surface area contributed by atoms with Gasteiger partial charge < -0.3 is 0 Å². The fourth-order valence-corrected chi connectivity index (χ4v) is 9.48. The van der Waals surface area contributed by atoms with Crippen molar-refractivity contribution in [3.05, 3.63) is 179 Å². The van der Waals surface area contributed by atoms with Gasteiger partial charge in [-0.3, -0.25) is 0 Å². The SMILES string of the molecule is CC(C)(C)c1ccc2cc(-c3ccc4cc(-c5ccc6c(c5)C(C)(C)c5cc(-c7ccc8c(c7)C(C)(C)c7ccccc7-8)ccc5-6)ccc4c3)ccc2c1. The Morgan fingerprint density at radius 3 is 1.09 bits per heavy atom.